The minimum Gasteiger partial charge on any atom is -0.444 e. The number of unbranched alkanes of at least 4 members (excludes halogenated alkanes) is 3. The zero-order valence-corrected chi connectivity index (χ0v) is 37.8. The van der Waals surface area contributed by atoms with E-state index in [9.17, 15) is 32.4 Å². The third kappa shape index (κ3) is 14.0. The molecule has 4 N–H and O–H groups in total. The quantitative estimate of drug-likeness (QED) is 0.128. The maximum absolute atomic E-state index is 12.2. The van der Waals surface area contributed by atoms with E-state index < -0.39 is 32.5 Å². The third-order valence-corrected chi connectivity index (χ3v) is 14.0. The van der Waals surface area contributed by atoms with Crippen LogP contribution in [0.4, 0.5) is 4.79 Å². The Morgan fingerprint density at radius 3 is 2.44 bits per heavy atom. The van der Waals surface area contributed by atoms with Crippen molar-refractivity contribution in [2.45, 2.75) is 154 Å². The van der Waals surface area contributed by atoms with E-state index in [0.29, 0.717) is 31.7 Å². The van der Waals surface area contributed by atoms with E-state index in [1.807, 2.05) is 0 Å². The fraction of sp³-hybridized carbons (Fsp3) is 0.674. The average Bonchev–Trinajstić information content (AvgIpc) is 3.99. The Labute approximate surface area is 354 Å². The summed E-state index contributed by atoms with van der Waals surface area (Å²) in [5, 5.41) is 7.96. The van der Waals surface area contributed by atoms with E-state index in [4.69, 9.17) is 4.74 Å². The van der Waals surface area contributed by atoms with Gasteiger partial charge >= 0.3 is 6.09 Å². The molecule has 14 nitrogen and oxygen atoms in total. The Hall–Kier alpha value is -4.05. The van der Waals surface area contributed by atoms with Gasteiger partial charge in [-0.05, 0) is 110 Å². The number of aryl methyl sites for hydroxylation is 1. The van der Waals surface area contributed by atoms with Crippen LogP contribution in [0.15, 0.2) is 28.4 Å². The molecule has 3 atom stereocenters. The molecule has 0 bridgehead atoms. The molecule has 2 aromatic heterocycles. The molecule has 2 saturated carbocycles. The van der Waals surface area contributed by atoms with Gasteiger partial charge in [0, 0.05) is 42.2 Å². The predicted octanol–water partition coefficient (Wildman–Crippen LogP) is 6.51. The fourth-order valence-corrected chi connectivity index (χ4v) is 9.13. The molecule has 328 valence electrons. The lowest BCUT2D eigenvalue weighted by Crippen LogP contribution is -2.48. The highest BCUT2D eigenvalue weighted by Crippen LogP contribution is 2.44. The molecule has 3 heterocycles. The number of aromatic nitrogens is 2. The number of hydrogen-bond acceptors (Lipinski definition) is 10. The first-order valence-corrected chi connectivity index (χ1v) is 23.6. The SMILES string of the molecule is CC(C)c1csc(-c2cc(=O)c3c([nH]2)CCCC3)n1.CCCCC/C=C\C1CC1C(=O)NS(=O)(=O)C1(C)CC1.CNC(=O)C1CCCN1C(=O)CNC(=O)OC(C)(C)C. The monoisotopic (exact) mass is 858 g/mol. The minimum atomic E-state index is -3.47. The number of fused-ring (bicyclic) bond motifs is 1. The number of rotatable bonds is 13. The number of nitrogens with zero attached hydrogens (tertiary/aromatic N) is 2. The highest BCUT2D eigenvalue weighted by Gasteiger charge is 2.52. The second-order valence-electron chi connectivity index (χ2n) is 17.5. The second-order valence-corrected chi connectivity index (χ2v) is 20.6. The number of nitrogens with one attached hydrogen (secondary N) is 4. The lowest BCUT2D eigenvalue weighted by atomic mass is 9.95. The molecule has 0 radical (unpaired) electrons. The molecule has 3 fully saturated rings. The second kappa shape index (κ2) is 21.0. The number of pyridine rings is 1. The summed E-state index contributed by atoms with van der Waals surface area (Å²) in [6.45, 7) is 13.7. The molecule has 3 unspecified atom stereocenters. The Balaban J connectivity index is 0.000000195. The minimum absolute atomic E-state index is 0.144. The topological polar surface area (TPSA) is 197 Å². The first kappa shape index (κ1) is 47.6. The maximum atomic E-state index is 12.2. The molecule has 4 amide bonds. The summed E-state index contributed by atoms with van der Waals surface area (Å²) in [5.74, 6) is -0.251. The van der Waals surface area contributed by atoms with Crippen molar-refractivity contribution in [2.24, 2.45) is 11.8 Å². The molecule has 16 heteroatoms. The molecular weight excluding hydrogens is 793 g/mol. The van der Waals surface area contributed by atoms with Gasteiger partial charge < -0.3 is 25.3 Å². The first-order chi connectivity index (χ1) is 27.8. The molecule has 59 heavy (non-hydrogen) atoms. The highest BCUT2D eigenvalue weighted by atomic mass is 32.2. The van der Waals surface area contributed by atoms with Crippen LogP contribution in [0.1, 0.15) is 142 Å². The van der Waals surface area contributed by atoms with Crippen molar-refractivity contribution in [1.82, 2.24) is 30.2 Å². The number of aromatic amines is 1. The zero-order chi connectivity index (χ0) is 43.5. The van der Waals surface area contributed by atoms with Gasteiger partial charge in [0.1, 0.15) is 23.2 Å². The molecule has 1 saturated heterocycles. The number of amides is 4. The van der Waals surface area contributed by atoms with Crippen molar-refractivity contribution in [3.05, 3.63) is 50.8 Å². The van der Waals surface area contributed by atoms with Crippen LogP contribution < -0.4 is 20.8 Å². The summed E-state index contributed by atoms with van der Waals surface area (Å²) in [5.41, 5.74) is 3.64. The van der Waals surface area contributed by atoms with Crippen molar-refractivity contribution in [1.29, 1.82) is 0 Å². The number of carbonyl (C=O) groups is 4. The smallest absolute Gasteiger partial charge is 0.408 e. The van der Waals surface area contributed by atoms with Crippen molar-refractivity contribution in [3.8, 4) is 10.7 Å². The van der Waals surface area contributed by atoms with Gasteiger partial charge in [-0.2, -0.15) is 0 Å². The number of carbonyl (C=O) groups excluding carboxylic acids is 4. The Morgan fingerprint density at radius 2 is 1.81 bits per heavy atom. The normalized spacial score (nSPS) is 20.4. The van der Waals surface area contributed by atoms with E-state index in [2.05, 4.69) is 63.6 Å². The van der Waals surface area contributed by atoms with Gasteiger partial charge in [0.05, 0.1) is 16.1 Å². The number of H-pyrrole nitrogens is 1. The molecule has 0 aromatic carbocycles. The van der Waals surface area contributed by atoms with Gasteiger partial charge in [-0.3, -0.25) is 23.9 Å². The van der Waals surface area contributed by atoms with Crippen LogP contribution in [0, 0.1) is 11.8 Å². The average molecular weight is 859 g/mol. The lowest BCUT2D eigenvalue weighted by Gasteiger charge is -2.24. The zero-order valence-electron chi connectivity index (χ0n) is 36.2. The van der Waals surface area contributed by atoms with E-state index >= 15 is 0 Å². The first-order valence-electron chi connectivity index (χ1n) is 21.2. The summed E-state index contributed by atoms with van der Waals surface area (Å²) < 4.78 is 30.5. The largest absolute Gasteiger partial charge is 0.444 e. The van der Waals surface area contributed by atoms with Crippen LogP contribution in [0.5, 0.6) is 0 Å². The lowest BCUT2D eigenvalue weighted by molar-refractivity contribution is -0.137. The molecule has 6 rings (SSSR count). The molecule has 0 spiro atoms. The van der Waals surface area contributed by atoms with E-state index in [-0.39, 0.29) is 41.5 Å². The van der Waals surface area contributed by atoms with Crippen molar-refractivity contribution < 1.29 is 32.3 Å². The number of ether oxygens (including phenoxy) is 1. The summed E-state index contributed by atoms with van der Waals surface area (Å²) >= 11 is 1.61. The number of likely N-dealkylation sites (tertiary alicyclic amines) is 1. The molecule has 4 aliphatic rings. The third-order valence-electron chi connectivity index (χ3n) is 10.9. The predicted molar refractivity (Wildman–Crippen MR) is 232 cm³/mol. The van der Waals surface area contributed by atoms with Crippen LogP contribution in [-0.2, 0) is 42.0 Å². The number of alkyl carbamates (subject to hydrolysis) is 1. The van der Waals surface area contributed by atoms with Gasteiger partial charge in [0.2, 0.25) is 27.7 Å². The van der Waals surface area contributed by atoms with Crippen molar-refractivity contribution in [3.63, 3.8) is 0 Å². The van der Waals surface area contributed by atoms with Gasteiger partial charge in [-0.1, -0.05) is 45.8 Å². The standard InChI is InChI=1S/C15H18N2OS.C15H25NO3S.C13H23N3O4/c1-9(2)13-8-19-15(17-13)12-7-14(18)10-5-3-4-6-11(10)16-12;1-3-4-5-6-7-8-12-11-13(12)14(17)16-20(18,19)15(2)9-10-15;1-13(2,3)20-12(19)15-8-10(17)16-7-5-6-9(16)11(18)14-4/h7-9H,3-6H2,1-2H3,(H,16,18);7-8,12-13H,3-6,9-11H2,1-2H3,(H,16,17);9H,5-8H2,1-4H3,(H,14,18)(H,15,19)/b;8-7-;. The molecular formula is C43H66N6O8S2. The number of hydrogen-bond donors (Lipinski definition) is 4. The van der Waals surface area contributed by atoms with Crippen LogP contribution in [0.2, 0.25) is 0 Å². The Bertz CT molecular complexity index is 1980. The van der Waals surface area contributed by atoms with Gasteiger partial charge in [0.25, 0.3) is 0 Å². The summed E-state index contributed by atoms with van der Waals surface area (Å²) in [6, 6.07) is 1.28. The van der Waals surface area contributed by atoms with E-state index in [1.165, 1.54) is 30.6 Å². The highest BCUT2D eigenvalue weighted by molar-refractivity contribution is 7.91. The molecule has 2 aromatic rings. The van der Waals surface area contributed by atoms with Crippen LogP contribution in [0.3, 0.4) is 0 Å². The number of likely N-dealkylation sites (N-methyl/N-ethyl adjacent to an activating group) is 1. The summed E-state index contributed by atoms with van der Waals surface area (Å²) in [6.07, 6.45) is 16.0. The molecule has 1 aliphatic heterocycles. The number of sulfonamides is 1. The van der Waals surface area contributed by atoms with E-state index in [0.717, 1.165) is 66.2 Å². The van der Waals surface area contributed by atoms with Crippen LogP contribution >= 0.6 is 11.3 Å². The summed E-state index contributed by atoms with van der Waals surface area (Å²) in [4.78, 5) is 68.7. The molecule has 3 aliphatic carbocycles. The maximum Gasteiger partial charge on any atom is 0.408 e. The van der Waals surface area contributed by atoms with Gasteiger partial charge in [-0.25, -0.2) is 18.2 Å². The fourth-order valence-electron chi connectivity index (χ4n) is 6.88. The van der Waals surface area contributed by atoms with Crippen molar-refractivity contribution in [2.75, 3.05) is 20.1 Å². The van der Waals surface area contributed by atoms with Gasteiger partial charge in [-0.15, -0.1) is 11.3 Å². The van der Waals surface area contributed by atoms with Crippen LogP contribution in [0.25, 0.3) is 10.7 Å². The van der Waals surface area contributed by atoms with Gasteiger partial charge in [0.15, 0.2) is 5.43 Å². The summed E-state index contributed by atoms with van der Waals surface area (Å²) in [7, 11) is -1.93. The van der Waals surface area contributed by atoms with Crippen LogP contribution in [-0.4, -0.2) is 83.6 Å². The number of thiazole rings is 1. The Morgan fingerprint density at radius 1 is 1.10 bits per heavy atom. The Kier molecular flexibility index (Phi) is 16.9. The van der Waals surface area contributed by atoms with Crippen molar-refractivity contribution >= 4 is 45.2 Å². The van der Waals surface area contributed by atoms with E-state index in [1.54, 1.807) is 52.1 Å². The number of allylic oxidation sites excluding steroid dienone is 2.